The van der Waals surface area contributed by atoms with Crippen molar-refractivity contribution in [2.45, 2.75) is 0 Å². The molecular weight excluding hydrogens is 376 g/mol. The van der Waals surface area contributed by atoms with Gasteiger partial charge in [-0.05, 0) is 0 Å². The van der Waals surface area contributed by atoms with Crippen LogP contribution in [0.25, 0.3) is 21.1 Å². The number of benzene rings is 2. The molecule has 0 N–H and O–H groups in total. The summed E-state index contributed by atoms with van der Waals surface area (Å²) in [6, 6.07) is 10.5. The first-order chi connectivity index (χ1) is 11.7. The Bertz CT molecular complexity index is 838. The van der Waals surface area contributed by atoms with Crippen LogP contribution in [0, 0.1) is 5.82 Å². The molecule has 0 aliphatic rings. The Morgan fingerprint density at radius 1 is 0.917 bits per heavy atom. The fourth-order valence-corrected chi connectivity index (χ4v) is 4.19. The zero-order valence-electron chi connectivity index (χ0n) is 13.5. The summed E-state index contributed by atoms with van der Waals surface area (Å²) in [7, 11) is 4.70. The molecule has 0 unspecified atom stereocenters. The van der Waals surface area contributed by atoms with Gasteiger partial charge in [0.05, 0.1) is 0 Å². The number of hydrogen-bond donors (Lipinski definition) is 0. The van der Waals surface area contributed by atoms with E-state index < -0.39 is 0 Å². The molecule has 0 bridgehead atoms. The van der Waals surface area contributed by atoms with Crippen molar-refractivity contribution in [2.24, 2.45) is 0 Å². The second-order valence-electron chi connectivity index (χ2n) is 4.96. The fourth-order valence-electron chi connectivity index (χ4n) is 2.52. The minimum absolute atomic E-state index is 0.169. The number of ether oxygens (including phenoxy) is 3. The van der Waals surface area contributed by atoms with Gasteiger partial charge in [-0.15, -0.1) is 0 Å². The number of rotatable bonds is 5. The summed E-state index contributed by atoms with van der Waals surface area (Å²) in [5, 5.41) is 0. The molecule has 3 aromatic rings. The third-order valence-corrected chi connectivity index (χ3v) is 5.41. The average Bonchev–Trinajstić information content (AvgIpc) is 3.10. The van der Waals surface area contributed by atoms with Crippen LogP contribution < -0.4 is 14.2 Å². The summed E-state index contributed by atoms with van der Waals surface area (Å²) >= 11 is -0.169. The molecule has 0 amide bonds. The molecule has 6 heteroatoms. The van der Waals surface area contributed by atoms with Gasteiger partial charge in [-0.2, -0.15) is 0 Å². The van der Waals surface area contributed by atoms with Crippen molar-refractivity contribution < 1.29 is 18.6 Å². The van der Waals surface area contributed by atoms with Crippen LogP contribution in [0.15, 0.2) is 42.6 Å². The Morgan fingerprint density at radius 3 is 2.17 bits per heavy atom. The third-order valence-electron chi connectivity index (χ3n) is 3.66. The van der Waals surface area contributed by atoms with E-state index in [-0.39, 0.29) is 20.5 Å². The molecule has 0 radical (unpaired) electrons. The van der Waals surface area contributed by atoms with E-state index in [0.29, 0.717) is 22.8 Å². The second-order valence-corrected chi connectivity index (χ2v) is 6.64. The van der Waals surface area contributed by atoms with Crippen LogP contribution >= 0.6 is 0 Å². The predicted molar refractivity (Wildman–Crippen MR) is 91.7 cm³/mol. The average molecular weight is 392 g/mol. The van der Waals surface area contributed by atoms with Gasteiger partial charge in [-0.25, -0.2) is 0 Å². The molecule has 1 aromatic heterocycles. The molecule has 0 fully saturated rings. The van der Waals surface area contributed by atoms with Gasteiger partial charge in [-0.1, -0.05) is 0 Å². The van der Waals surface area contributed by atoms with E-state index in [9.17, 15) is 4.39 Å². The van der Waals surface area contributed by atoms with Gasteiger partial charge in [0.2, 0.25) is 0 Å². The Kier molecular flexibility index (Phi) is 4.88. The Hall–Kier alpha value is -2.30. The van der Waals surface area contributed by atoms with Gasteiger partial charge in [0.25, 0.3) is 0 Å². The van der Waals surface area contributed by atoms with E-state index >= 15 is 0 Å². The normalized spacial score (nSPS) is 10.5. The molecule has 2 aromatic carbocycles. The van der Waals surface area contributed by atoms with Gasteiger partial charge in [0.15, 0.2) is 0 Å². The predicted octanol–water partition coefficient (Wildman–Crippen LogP) is 3.64. The molecule has 0 aliphatic carbocycles. The standard InChI is InChI=1S/C18H16FNO3Se/c1-21-15-8-11(9-16(22-2)17(15)23-3)13-10-20-24-18(13)12-6-4-5-7-14(12)19/h4-10H,1-3H3. The summed E-state index contributed by atoms with van der Waals surface area (Å²) in [5.74, 6) is 1.39. The molecule has 24 heavy (non-hydrogen) atoms. The fraction of sp³-hybridized carbons (Fsp3) is 0.167. The molecule has 0 saturated heterocycles. The third kappa shape index (κ3) is 2.90. The first kappa shape index (κ1) is 16.6. The molecule has 4 nitrogen and oxygen atoms in total. The molecule has 3 rings (SSSR count). The maximum atomic E-state index is 14.2. The van der Waals surface area contributed by atoms with Gasteiger partial charge in [-0.3, -0.25) is 0 Å². The number of aromatic nitrogens is 1. The van der Waals surface area contributed by atoms with Gasteiger partial charge < -0.3 is 0 Å². The van der Waals surface area contributed by atoms with Crippen LogP contribution in [0.2, 0.25) is 0 Å². The van der Waals surface area contributed by atoms with E-state index in [2.05, 4.69) is 3.98 Å². The molecule has 0 saturated carbocycles. The van der Waals surface area contributed by atoms with E-state index in [1.807, 2.05) is 18.2 Å². The first-order valence-electron chi connectivity index (χ1n) is 7.19. The molecule has 0 spiro atoms. The Labute approximate surface area is 145 Å². The summed E-state index contributed by atoms with van der Waals surface area (Å²) in [4.78, 5) is 0. The maximum absolute atomic E-state index is 14.2. The van der Waals surface area contributed by atoms with Crippen molar-refractivity contribution in [3.8, 4) is 38.4 Å². The summed E-state index contributed by atoms with van der Waals surface area (Å²) in [5.41, 5.74) is 2.31. The van der Waals surface area contributed by atoms with Crippen molar-refractivity contribution in [1.82, 2.24) is 3.98 Å². The van der Waals surface area contributed by atoms with Gasteiger partial charge in [0, 0.05) is 0 Å². The molecule has 0 aliphatic heterocycles. The van der Waals surface area contributed by atoms with Crippen molar-refractivity contribution in [2.75, 3.05) is 21.3 Å². The molecular formula is C18H16FNO3Se. The number of hydrogen-bond acceptors (Lipinski definition) is 4. The van der Waals surface area contributed by atoms with E-state index in [0.717, 1.165) is 15.6 Å². The van der Waals surface area contributed by atoms with E-state index in [4.69, 9.17) is 14.2 Å². The number of nitrogens with zero attached hydrogens (tertiary/aromatic N) is 1. The molecule has 0 atom stereocenters. The molecule has 1 heterocycles. The summed E-state index contributed by atoms with van der Waals surface area (Å²) in [6.45, 7) is 0. The summed E-state index contributed by atoms with van der Waals surface area (Å²) < 4.78 is 35.6. The summed E-state index contributed by atoms with van der Waals surface area (Å²) in [6.07, 6.45) is 1.78. The van der Waals surface area contributed by atoms with Gasteiger partial charge >= 0.3 is 145 Å². The van der Waals surface area contributed by atoms with Crippen molar-refractivity contribution in [3.63, 3.8) is 0 Å². The first-order valence-corrected chi connectivity index (χ1v) is 8.81. The minimum atomic E-state index is -0.246. The quantitative estimate of drug-likeness (QED) is 0.622. The van der Waals surface area contributed by atoms with Crippen molar-refractivity contribution >= 4 is 14.7 Å². The number of halogens is 1. The SMILES string of the molecule is COc1cc(-c2cn[se]c2-c2ccccc2F)cc(OC)c1OC. The Morgan fingerprint density at radius 2 is 1.58 bits per heavy atom. The van der Waals surface area contributed by atoms with Crippen LogP contribution in [0.5, 0.6) is 17.2 Å². The van der Waals surface area contributed by atoms with Crippen LogP contribution in [-0.2, 0) is 0 Å². The topological polar surface area (TPSA) is 40.6 Å². The van der Waals surface area contributed by atoms with Crippen molar-refractivity contribution in [1.29, 1.82) is 0 Å². The van der Waals surface area contributed by atoms with Crippen LogP contribution in [0.1, 0.15) is 0 Å². The zero-order chi connectivity index (χ0) is 17.1. The van der Waals surface area contributed by atoms with Crippen molar-refractivity contribution in [3.05, 3.63) is 48.4 Å². The van der Waals surface area contributed by atoms with Crippen LogP contribution in [-0.4, -0.2) is 40.0 Å². The van der Waals surface area contributed by atoms with Crippen LogP contribution in [0.3, 0.4) is 0 Å². The number of methoxy groups -OCH3 is 3. The van der Waals surface area contributed by atoms with E-state index in [1.165, 1.54) is 6.07 Å². The second kappa shape index (κ2) is 7.07. The van der Waals surface area contributed by atoms with Gasteiger partial charge in [0.1, 0.15) is 0 Å². The molecule has 124 valence electrons. The Balaban J connectivity index is 2.18. The monoisotopic (exact) mass is 393 g/mol. The van der Waals surface area contributed by atoms with E-state index in [1.54, 1.807) is 39.7 Å². The zero-order valence-corrected chi connectivity index (χ0v) is 15.2. The van der Waals surface area contributed by atoms with Crippen LogP contribution in [0.4, 0.5) is 4.39 Å².